The van der Waals surface area contributed by atoms with E-state index in [1.54, 1.807) is 0 Å². The summed E-state index contributed by atoms with van der Waals surface area (Å²) in [4.78, 5) is 2.54. The van der Waals surface area contributed by atoms with Crippen LogP contribution in [0.3, 0.4) is 0 Å². The van der Waals surface area contributed by atoms with Crippen LogP contribution in [0.2, 0.25) is 0 Å². The molecule has 0 aromatic heterocycles. The van der Waals surface area contributed by atoms with Crippen molar-refractivity contribution in [3.05, 3.63) is 0 Å². The van der Waals surface area contributed by atoms with Crippen molar-refractivity contribution >= 4 is 0 Å². The molecule has 0 radical (unpaired) electrons. The first-order valence-corrected chi connectivity index (χ1v) is 5.72. The molecule has 1 saturated heterocycles. The smallest absolute Gasteiger partial charge is 0.0224 e. The molecule has 2 aliphatic rings. The molecule has 1 N–H and O–H groups in total. The Morgan fingerprint density at radius 1 is 1.50 bits per heavy atom. The van der Waals surface area contributed by atoms with E-state index in [4.69, 9.17) is 6.42 Å². The zero-order valence-electron chi connectivity index (χ0n) is 9.00. The Hall–Kier alpha value is -0.520. The van der Waals surface area contributed by atoms with Crippen molar-refractivity contribution in [3.63, 3.8) is 0 Å². The summed E-state index contributed by atoms with van der Waals surface area (Å²) in [6.07, 6.45) is 9.05. The van der Waals surface area contributed by atoms with Crippen LogP contribution >= 0.6 is 0 Å². The lowest BCUT2D eigenvalue weighted by molar-refractivity contribution is 0.136. The third-order valence-electron chi connectivity index (χ3n) is 3.46. The Bertz CT molecular complexity index is 227. The maximum absolute atomic E-state index is 5.31. The standard InChI is InChI=1S/C12H20N2/c1-3-4-7-14-9-12(11-5-6-11)13-8-10(14)2/h1,10-13H,4-9H2,2H3. The summed E-state index contributed by atoms with van der Waals surface area (Å²) in [7, 11) is 0. The van der Waals surface area contributed by atoms with Crippen molar-refractivity contribution in [1.82, 2.24) is 10.2 Å². The highest BCUT2D eigenvalue weighted by molar-refractivity contribution is 4.94. The van der Waals surface area contributed by atoms with Crippen LogP contribution in [0.4, 0.5) is 0 Å². The van der Waals surface area contributed by atoms with Crippen LogP contribution < -0.4 is 5.32 Å². The van der Waals surface area contributed by atoms with E-state index in [0.717, 1.165) is 31.5 Å². The van der Waals surface area contributed by atoms with Gasteiger partial charge in [0.05, 0.1) is 0 Å². The van der Waals surface area contributed by atoms with Crippen LogP contribution in [-0.4, -0.2) is 36.6 Å². The lowest BCUT2D eigenvalue weighted by Gasteiger charge is -2.38. The largest absolute Gasteiger partial charge is 0.311 e. The highest BCUT2D eigenvalue weighted by Gasteiger charge is 2.35. The molecule has 2 heteroatoms. The van der Waals surface area contributed by atoms with Crippen molar-refractivity contribution < 1.29 is 0 Å². The molecule has 2 nitrogen and oxygen atoms in total. The van der Waals surface area contributed by atoms with E-state index in [2.05, 4.69) is 23.1 Å². The normalized spacial score (nSPS) is 34.0. The molecule has 0 aromatic rings. The average molecular weight is 192 g/mol. The Morgan fingerprint density at radius 3 is 2.93 bits per heavy atom. The lowest BCUT2D eigenvalue weighted by Crippen LogP contribution is -2.56. The van der Waals surface area contributed by atoms with Crippen LogP contribution in [-0.2, 0) is 0 Å². The Balaban J connectivity index is 1.83. The van der Waals surface area contributed by atoms with E-state index in [1.165, 1.54) is 19.4 Å². The van der Waals surface area contributed by atoms with E-state index in [9.17, 15) is 0 Å². The van der Waals surface area contributed by atoms with Crippen molar-refractivity contribution in [3.8, 4) is 12.3 Å². The van der Waals surface area contributed by atoms with Crippen molar-refractivity contribution in [2.24, 2.45) is 5.92 Å². The summed E-state index contributed by atoms with van der Waals surface area (Å²) in [5.41, 5.74) is 0. The molecule has 0 spiro atoms. The molecule has 1 heterocycles. The molecule has 14 heavy (non-hydrogen) atoms. The predicted octanol–water partition coefficient (Wildman–Crippen LogP) is 1.08. The van der Waals surface area contributed by atoms with Gasteiger partial charge in [-0.15, -0.1) is 12.3 Å². The fraction of sp³-hybridized carbons (Fsp3) is 0.833. The molecule has 78 valence electrons. The molecule has 2 unspecified atom stereocenters. The summed E-state index contributed by atoms with van der Waals surface area (Å²) in [5, 5.41) is 3.64. The van der Waals surface area contributed by atoms with Crippen LogP contribution in [0.15, 0.2) is 0 Å². The minimum absolute atomic E-state index is 0.651. The van der Waals surface area contributed by atoms with Crippen molar-refractivity contribution in [1.29, 1.82) is 0 Å². The maximum atomic E-state index is 5.31. The zero-order chi connectivity index (χ0) is 9.97. The molecule has 2 rings (SSSR count). The van der Waals surface area contributed by atoms with Gasteiger partial charge in [0, 0.05) is 38.1 Å². The van der Waals surface area contributed by atoms with E-state index < -0.39 is 0 Å². The van der Waals surface area contributed by atoms with Gasteiger partial charge in [0.2, 0.25) is 0 Å². The third-order valence-corrected chi connectivity index (χ3v) is 3.46. The van der Waals surface area contributed by atoms with E-state index in [0.29, 0.717) is 6.04 Å². The van der Waals surface area contributed by atoms with Gasteiger partial charge in [0.25, 0.3) is 0 Å². The minimum Gasteiger partial charge on any atom is -0.311 e. The summed E-state index contributed by atoms with van der Waals surface area (Å²) in [6, 6.07) is 1.39. The summed E-state index contributed by atoms with van der Waals surface area (Å²) >= 11 is 0. The first-order valence-electron chi connectivity index (χ1n) is 5.72. The van der Waals surface area contributed by atoms with Gasteiger partial charge in [-0.25, -0.2) is 0 Å². The highest BCUT2D eigenvalue weighted by Crippen LogP contribution is 2.34. The monoisotopic (exact) mass is 192 g/mol. The van der Waals surface area contributed by atoms with E-state index in [-0.39, 0.29) is 0 Å². The van der Waals surface area contributed by atoms with Gasteiger partial charge < -0.3 is 5.32 Å². The Labute approximate surface area is 87.1 Å². The number of piperazine rings is 1. The number of nitrogens with zero attached hydrogens (tertiary/aromatic N) is 1. The summed E-state index contributed by atoms with van der Waals surface area (Å²) in [5.74, 6) is 3.69. The number of hydrogen-bond acceptors (Lipinski definition) is 2. The SMILES string of the molecule is C#CCCN1CC(C2CC2)NCC1C. The van der Waals surface area contributed by atoms with Crippen LogP contribution in [0.5, 0.6) is 0 Å². The quantitative estimate of drug-likeness (QED) is 0.673. The fourth-order valence-corrected chi connectivity index (χ4v) is 2.28. The van der Waals surface area contributed by atoms with Gasteiger partial charge in [0.15, 0.2) is 0 Å². The van der Waals surface area contributed by atoms with Gasteiger partial charge >= 0.3 is 0 Å². The molecule has 0 amide bonds. The number of rotatable bonds is 3. The molecule has 2 fully saturated rings. The number of terminal acetylenes is 1. The zero-order valence-corrected chi connectivity index (χ0v) is 9.00. The third kappa shape index (κ3) is 2.29. The van der Waals surface area contributed by atoms with Gasteiger partial charge in [-0.2, -0.15) is 0 Å². The predicted molar refractivity (Wildman–Crippen MR) is 59.0 cm³/mol. The van der Waals surface area contributed by atoms with Crippen molar-refractivity contribution in [2.45, 2.75) is 38.3 Å². The van der Waals surface area contributed by atoms with Crippen molar-refractivity contribution in [2.75, 3.05) is 19.6 Å². The molecule has 1 saturated carbocycles. The molecular formula is C12H20N2. The second-order valence-electron chi connectivity index (χ2n) is 4.65. The molecule has 2 atom stereocenters. The van der Waals surface area contributed by atoms with Gasteiger partial charge in [-0.3, -0.25) is 4.90 Å². The number of hydrogen-bond donors (Lipinski definition) is 1. The van der Waals surface area contributed by atoms with Gasteiger partial charge in [-0.1, -0.05) is 0 Å². The maximum Gasteiger partial charge on any atom is 0.0224 e. The first-order chi connectivity index (χ1) is 6.81. The van der Waals surface area contributed by atoms with Gasteiger partial charge in [0.1, 0.15) is 0 Å². The van der Waals surface area contributed by atoms with Crippen LogP contribution in [0, 0.1) is 18.3 Å². The lowest BCUT2D eigenvalue weighted by atomic mass is 10.1. The Morgan fingerprint density at radius 2 is 2.29 bits per heavy atom. The van der Waals surface area contributed by atoms with Crippen LogP contribution in [0.25, 0.3) is 0 Å². The molecule has 1 aliphatic heterocycles. The molecule has 1 aliphatic carbocycles. The first kappa shape index (κ1) is 10.0. The second kappa shape index (κ2) is 4.33. The fourth-order valence-electron chi connectivity index (χ4n) is 2.28. The van der Waals surface area contributed by atoms with E-state index >= 15 is 0 Å². The van der Waals surface area contributed by atoms with Crippen LogP contribution in [0.1, 0.15) is 26.2 Å². The highest BCUT2D eigenvalue weighted by atomic mass is 15.2. The minimum atomic E-state index is 0.651. The molecule has 0 aromatic carbocycles. The second-order valence-corrected chi connectivity index (χ2v) is 4.65. The average Bonchev–Trinajstić information content (AvgIpc) is 3.00. The number of nitrogens with one attached hydrogen (secondary N) is 1. The topological polar surface area (TPSA) is 15.3 Å². The molecule has 0 bridgehead atoms. The van der Waals surface area contributed by atoms with Gasteiger partial charge in [-0.05, 0) is 25.7 Å². The Kier molecular flexibility index (Phi) is 3.10. The molecular weight excluding hydrogens is 172 g/mol. The van der Waals surface area contributed by atoms with E-state index in [1.807, 2.05) is 0 Å². The summed E-state index contributed by atoms with van der Waals surface area (Å²) < 4.78 is 0. The summed E-state index contributed by atoms with van der Waals surface area (Å²) in [6.45, 7) is 5.69.